The minimum atomic E-state index is -0.133. The van der Waals surface area contributed by atoms with Crippen molar-refractivity contribution < 1.29 is 14.3 Å². The maximum absolute atomic E-state index is 11.2. The molecule has 0 N–H and O–H groups in total. The van der Waals surface area contributed by atoms with E-state index >= 15 is 0 Å². The zero-order valence-electron chi connectivity index (χ0n) is 9.40. The van der Waals surface area contributed by atoms with E-state index in [1.165, 1.54) is 0 Å². The highest BCUT2D eigenvalue weighted by molar-refractivity contribution is 9.09. The van der Waals surface area contributed by atoms with Gasteiger partial charge in [0.25, 0.3) is 0 Å². The van der Waals surface area contributed by atoms with E-state index in [1.54, 1.807) is 0 Å². The van der Waals surface area contributed by atoms with Gasteiger partial charge in [0.2, 0.25) is 0 Å². The van der Waals surface area contributed by atoms with Crippen molar-refractivity contribution in [3.05, 3.63) is 12.2 Å². The number of carbonyl (C=O) groups is 1. The lowest BCUT2D eigenvalue weighted by molar-refractivity contribution is -0.142. The summed E-state index contributed by atoms with van der Waals surface area (Å²) in [6.45, 7) is 2.12. The van der Waals surface area contributed by atoms with Gasteiger partial charge in [-0.1, -0.05) is 35.0 Å². The summed E-state index contributed by atoms with van der Waals surface area (Å²) in [5, 5.41) is 0. The number of ether oxygens (including phenoxy) is 2. The number of fused-ring (bicyclic) bond motifs is 1. The van der Waals surface area contributed by atoms with E-state index in [1.807, 2.05) is 0 Å². The number of esters is 1. The highest BCUT2D eigenvalue weighted by Crippen LogP contribution is 2.28. The molecule has 1 unspecified atom stereocenters. The van der Waals surface area contributed by atoms with E-state index in [0.29, 0.717) is 11.2 Å². The van der Waals surface area contributed by atoms with Crippen LogP contribution in [0.5, 0.6) is 0 Å². The van der Waals surface area contributed by atoms with Gasteiger partial charge < -0.3 is 9.47 Å². The van der Waals surface area contributed by atoms with Crippen LogP contribution >= 0.6 is 15.9 Å². The van der Waals surface area contributed by atoms with E-state index in [4.69, 9.17) is 9.47 Å². The van der Waals surface area contributed by atoms with Crippen LogP contribution in [-0.2, 0) is 14.3 Å². The zero-order valence-corrected chi connectivity index (χ0v) is 11.0. The summed E-state index contributed by atoms with van der Waals surface area (Å²) in [6, 6.07) is 0. The van der Waals surface area contributed by atoms with Crippen molar-refractivity contribution in [2.24, 2.45) is 0 Å². The second-order valence-corrected chi connectivity index (χ2v) is 5.49. The fourth-order valence-corrected chi connectivity index (χ4v) is 2.50. The highest BCUT2D eigenvalue weighted by atomic mass is 79.9. The Morgan fingerprint density at radius 1 is 1.44 bits per heavy atom. The minimum Gasteiger partial charge on any atom is -0.459 e. The van der Waals surface area contributed by atoms with Gasteiger partial charge in [0.15, 0.2) is 0 Å². The zero-order chi connectivity index (χ0) is 11.5. The molecule has 0 saturated carbocycles. The number of carbonyl (C=O) groups excluding carboxylic acids is 1. The van der Waals surface area contributed by atoms with Crippen LogP contribution in [0, 0.1) is 0 Å². The summed E-state index contributed by atoms with van der Waals surface area (Å²) in [5.41, 5.74) is 0. The maximum atomic E-state index is 11.2. The first kappa shape index (κ1) is 12.1. The SMILES string of the molecule is CCC(Br)[C@@H]1C/C=C\C[C@@H]2OC(=O)C[C@@H]2O1. The predicted molar refractivity (Wildman–Crippen MR) is 64.5 cm³/mol. The molecule has 2 aliphatic rings. The van der Waals surface area contributed by atoms with Crippen molar-refractivity contribution in [3.63, 3.8) is 0 Å². The van der Waals surface area contributed by atoms with Crippen molar-refractivity contribution in [3.8, 4) is 0 Å². The minimum absolute atomic E-state index is 0.0611. The molecule has 3 nitrogen and oxygen atoms in total. The molecule has 2 heterocycles. The van der Waals surface area contributed by atoms with Crippen LogP contribution in [0.25, 0.3) is 0 Å². The number of rotatable bonds is 2. The molecule has 0 spiro atoms. The van der Waals surface area contributed by atoms with Crippen molar-refractivity contribution in [2.45, 2.75) is 55.7 Å². The van der Waals surface area contributed by atoms with Gasteiger partial charge in [-0.25, -0.2) is 0 Å². The first-order valence-electron chi connectivity index (χ1n) is 5.84. The maximum Gasteiger partial charge on any atom is 0.308 e. The van der Waals surface area contributed by atoms with Crippen LogP contribution < -0.4 is 0 Å². The smallest absolute Gasteiger partial charge is 0.308 e. The van der Waals surface area contributed by atoms with Gasteiger partial charge >= 0.3 is 5.97 Å². The number of hydrogen-bond acceptors (Lipinski definition) is 3. The standard InChI is InChI=1S/C12H17BrO3/c1-2-8(13)9-5-3-4-6-10-11(15-9)7-12(14)16-10/h3-4,8-11H,2,5-7H2,1H3/b4-3-/t8?,9-,10-,11-/m0/s1. The first-order chi connectivity index (χ1) is 7.70. The molecule has 1 saturated heterocycles. The molecular formula is C12H17BrO3. The summed E-state index contributed by atoms with van der Waals surface area (Å²) in [4.78, 5) is 11.6. The molecule has 16 heavy (non-hydrogen) atoms. The molecule has 0 bridgehead atoms. The van der Waals surface area contributed by atoms with E-state index in [0.717, 1.165) is 19.3 Å². The number of alkyl halides is 1. The number of hydrogen-bond donors (Lipinski definition) is 0. The first-order valence-corrected chi connectivity index (χ1v) is 6.76. The summed E-state index contributed by atoms with van der Waals surface area (Å²) in [7, 11) is 0. The molecule has 4 heteroatoms. The molecule has 2 rings (SSSR count). The lowest BCUT2D eigenvalue weighted by Crippen LogP contribution is -2.34. The molecule has 90 valence electrons. The summed E-state index contributed by atoms with van der Waals surface area (Å²) in [6.07, 6.45) is 7.32. The predicted octanol–water partition coefficient (Wildman–Crippen LogP) is 2.58. The van der Waals surface area contributed by atoms with Crippen LogP contribution in [0.2, 0.25) is 0 Å². The molecule has 0 amide bonds. The van der Waals surface area contributed by atoms with Crippen molar-refractivity contribution in [1.82, 2.24) is 0 Å². The Labute approximate surface area is 104 Å². The molecule has 4 atom stereocenters. The highest BCUT2D eigenvalue weighted by Gasteiger charge is 2.37. The quantitative estimate of drug-likeness (QED) is 0.445. The van der Waals surface area contributed by atoms with Crippen molar-refractivity contribution in [1.29, 1.82) is 0 Å². The van der Waals surface area contributed by atoms with Gasteiger partial charge in [0, 0.05) is 11.2 Å². The van der Waals surface area contributed by atoms with E-state index in [-0.39, 0.29) is 24.3 Å². The monoisotopic (exact) mass is 288 g/mol. The second-order valence-electron chi connectivity index (χ2n) is 4.31. The molecule has 0 aromatic carbocycles. The third kappa shape index (κ3) is 2.66. The van der Waals surface area contributed by atoms with Crippen molar-refractivity contribution in [2.75, 3.05) is 0 Å². The largest absolute Gasteiger partial charge is 0.459 e. The molecule has 1 fully saturated rings. The van der Waals surface area contributed by atoms with Gasteiger partial charge in [-0.3, -0.25) is 4.79 Å². The second kappa shape index (κ2) is 5.32. The summed E-state index contributed by atoms with van der Waals surface area (Å²) in [5.74, 6) is -0.133. The Hall–Kier alpha value is -0.350. The van der Waals surface area contributed by atoms with Crippen molar-refractivity contribution >= 4 is 21.9 Å². The Morgan fingerprint density at radius 2 is 2.19 bits per heavy atom. The Balaban J connectivity index is 2.06. The van der Waals surface area contributed by atoms with Gasteiger partial charge in [0.05, 0.1) is 12.5 Å². The van der Waals surface area contributed by atoms with Gasteiger partial charge in [-0.15, -0.1) is 0 Å². The molecule has 0 radical (unpaired) electrons. The fraction of sp³-hybridized carbons (Fsp3) is 0.750. The van der Waals surface area contributed by atoms with Crippen LogP contribution in [0.15, 0.2) is 12.2 Å². The molecule has 2 aliphatic heterocycles. The summed E-state index contributed by atoms with van der Waals surface area (Å²) < 4.78 is 11.2. The van der Waals surface area contributed by atoms with E-state index in [2.05, 4.69) is 35.0 Å². The molecular weight excluding hydrogens is 272 g/mol. The van der Waals surface area contributed by atoms with E-state index < -0.39 is 0 Å². The Bertz CT molecular complexity index is 290. The van der Waals surface area contributed by atoms with Crippen LogP contribution in [0.4, 0.5) is 0 Å². The van der Waals surface area contributed by atoms with Crippen LogP contribution in [0.3, 0.4) is 0 Å². The lowest BCUT2D eigenvalue weighted by Gasteiger charge is -2.28. The Morgan fingerprint density at radius 3 is 2.94 bits per heavy atom. The van der Waals surface area contributed by atoms with Gasteiger partial charge in [-0.2, -0.15) is 0 Å². The summed E-state index contributed by atoms with van der Waals surface area (Å²) >= 11 is 3.63. The third-order valence-electron chi connectivity index (χ3n) is 3.11. The average Bonchev–Trinajstić information content (AvgIpc) is 2.57. The lowest BCUT2D eigenvalue weighted by atomic mass is 10.0. The average molecular weight is 289 g/mol. The van der Waals surface area contributed by atoms with Crippen LogP contribution in [0.1, 0.15) is 32.6 Å². The number of halogens is 1. The molecule has 0 aromatic rings. The Kier molecular flexibility index (Phi) is 4.03. The van der Waals surface area contributed by atoms with E-state index in [9.17, 15) is 4.79 Å². The molecule has 0 aromatic heterocycles. The van der Waals surface area contributed by atoms with Gasteiger partial charge in [-0.05, 0) is 12.8 Å². The topological polar surface area (TPSA) is 35.5 Å². The normalized spacial score (nSPS) is 38.1. The molecule has 0 aliphatic carbocycles. The van der Waals surface area contributed by atoms with Gasteiger partial charge in [0.1, 0.15) is 12.2 Å². The third-order valence-corrected chi connectivity index (χ3v) is 4.35. The van der Waals surface area contributed by atoms with Crippen LogP contribution in [-0.4, -0.2) is 29.1 Å². The fourth-order valence-electron chi connectivity index (χ4n) is 2.16.